The van der Waals surface area contributed by atoms with E-state index in [1.165, 1.54) is 18.2 Å². The molecule has 1 aliphatic heterocycles. The smallest absolute Gasteiger partial charge is 0.258 e. The van der Waals surface area contributed by atoms with Gasteiger partial charge in [0.2, 0.25) is 0 Å². The molecule has 0 radical (unpaired) electrons. The number of amides is 1. The molecule has 1 aromatic rings. The van der Waals surface area contributed by atoms with Crippen LogP contribution < -0.4 is 0 Å². The molecule has 1 aromatic carbocycles. The van der Waals surface area contributed by atoms with Gasteiger partial charge in [0.1, 0.15) is 5.82 Å². The first-order valence-electron chi connectivity index (χ1n) is 6.58. The number of piperazine rings is 1. The van der Waals surface area contributed by atoms with Gasteiger partial charge in [-0.05, 0) is 12.1 Å². The lowest BCUT2D eigenvalue weighted by atomic mass is 10.1. The fraction of sp³-hybridized carbons (Fsp3) is 0.500. The van der Waals surface area contributed by atoms with Crippen molar-refractivity contribution in [3.63, 3.8) is 0 Å². The summed E-state index contributed by atoms with van der Waals surface area (Å²) in [4.78, 5) is 16.2. The number of nitrogens with zero attached hydrogens (tertiary/aromatic N) is 2. The third-order valence-corrected chi connectivity index (χ3v) is 3.76. The molecule has 0 saturated carbocycles. The molecule has 20 heavy (non-hydrogen) atoms. The quantitative estimate of drug-likeness (QED) is 0.851. The molecule has 6 heteroatoms. The highest BCUT2D eigenvalue weighted by molar-refractivity contribution is 6.33. The van der Waals surface area contributed by atoms with Gasteiger partial charge in [-0.15, -0.1) is 0 Å². The summed E-state index contributed by atoms with van der Waals surface area (Å²) in [5, 5.41) is 0.164. The zero-order chi connectivity index (χ0) is 14.5. The number of methoxy groups -OCH3 is 1. The standard InChI is InChI=1S/C14H18ClFN2O2/c1-20-10-9-17-5-7-18(8-6-17)14(19)13-11(15)3-2-4-12(13)16/h2-4H,5-10H2,1H3. The van der Waals surface area contributed by atoms with E-state index in [0.717, 1.165) is 19.6 Å². The molecule has 0 atom stereocenters. The molecule has 0 aromatic heterocycles. The largest absolute Gasteiger partial charge is 0.383 e. The first-order chi connectivity index (χ1) is 9.63. The van der Waals surface area contributed by atoms with Crippen LogP contribution in [-0.2, 0) is 4.74 Å². The third kappa shape index (κ3) is 3.48. The van der Waals surface area contributed by atoms with Gasteiger partial charge in [0, 0.05) is 39.8 Å². The minimum absolute atomic E-state index is 0.0282. The number of halogens is 2. The second-order valence-electron chi connectivity index (χ2n) is 4.72. The van der Waals surface area contributed by atoms with Crippen LogP contribution in [-0.4, -0.2) is 62.1 Å². The summed E-state index contributed by atoms with van der Waals surface area (Å²) >= 11 is 5.93. The zero-order valence-corrected chi connectivity index (χ0v) is 12.2. The van der Waals surface area contributed by atoms with Crippen molar-refractivity contribution in [3.8, 4) is 0 Å². The van der Waals surface area contributed by atoms with Gasteiger partial charge >= 0.3 is 0 Å². The maximum atomic E-state index is 13.7. The van der Waals surface area contributed by atoms with Gasteiger partial charge in [0.05, 0.1) is 17.2 Å². The topological polar surface area (TPSA) is 32.8 Å². The number of ether oxygens (including phenoxy) is 1. The average Bonchev–Trinajstić information content (AvgIpc) is 2.45. The fourth-order valence-electron chi connectivity index (χ4n) is 2.26. The SMILES string of the molecule is COCCN1CCN(C(=O)c2c(F)cccc2Cl)CC1. The van der Waals surface area contributed by atoms with Crippen molar-refractivity contribution in [2.45, 2.75) is 0 Å². The molecule has 1 aliphatic rings. The van der Waals surface area contributed by atoms with Crippen LogP contribution in [0.1, 0.15) is 10.4 Å². The zero-order valence-electron chi connectivity index (χ0n) is 11.4. The van der Waals surface area contributed by atoms with Crippen molar-refractivity contribution in [2.24, 2.45) is 0 Å². The molecule has 0 spiro atoms. The van der Waals surface area contributed by atoms with Gasteiger partial charge < -0.3 is 9.64 Å². The molecule has 1 saturated heterocycles. The van der Waals surface area contributed by atoms with E-state index in [9.17, 15) is 9.18 Å². The number of benzene rings is 1. The van der Waals surface area contributed by atoms with Crippen molar-refractivity contribution in [1.29, 1.82) is 0 Å². The van der Waals surface area contributed by atoms with E-state index in [-0.39, 0.29) is 16.5 Å². The third-order valence-electron chi connectivity index (χ3n) is 3.45. The lowest BCUT2D eigenvalue weighted by Crippen LogP contribution is -2.49. The number of rotatable bonds is 4. The van der Waals surface area contributed by atoms with Crippen LogP contribution >= 0.6 is 11.6 Å². The molecule has 2 rings (SSSR count). The van der Waals surface area contributed by atoms with E-state index in [1.807, 2.05) is 0 Å². The Morgan fingerprint density at radius 2 is 2.05 bits per heavy atom. The van der Waals surface area contributed by atoms with E-state index in [0.29, 0.717) is 19.7 Å². The molecule has 1 amide bonds. The second-order valence-corrected chi connectivity index (χ2v) is 5.13. The van der Waals surface area contributed by atoms with Crippen LogP contribution in [0.4, 0.5) is 4.39 Å². The highest BCUT2D eigenvalue weighted by Crippen LogP contribution is 2.21. The van der Waals surface area contributed by atoms with E-state index in [2.05, 4.69) is 4.90 Å². The summed E-state index contributed by atoms with van der Waals surface area (Å²) < 4.78 is 18.8. The Hall–Kier alpha value is -1.17. The van der Waals surface area contributed by atoms with Crippen molar-refractivity contribution in [2.75, 3.05) is 46.4 Å². The highest BCUT2D eigenvalue weighted by atomic mass is 35.5. The molecule has 1 heterocycles. The van der Waals surface area contributed by atoms with Crippen molar-refractivity contribution in [1.82, 2.24) is 9.80 Å². The molecule has 110 valence electrons. The molecule has 0 unspecified atom stereocenters. The lowest BCUT2D eigenvalue weighted by molar-refractivity contribution is 0.0590. The van der Waals surface area contributed by atoms with E-state index >= 15 is 0 Å². The summed E-state index contributed by atoms with van der Waals surface area (Å²) in [5.41, 5.74) is -0.0282. The van der Waals surface area contributed by atoms with Gasteiger partial charge in [0.25, 0.3) is 5.91 Å². The van der Waals surface area contributed by atoms with E-state index in [1.54, 1.807) is 12.0 Å². The first kappa shape index (κ1) is 15.2. The average molecular weight is 301 g/mol. The van der Waals surface area contributed by atoms with Gasteiger partial charge in [-0.2, -0.15) is 0 Å². The van der Waals surface area contributed by atoms with Crippen LogP contribution in [0.3, 0.4) is 0 Å². The molecular weight excluding hydrogens is 283 g/mol. The molecule has 1 fully saturated rings. The Labute approximate surface area is 123 Å². The first-order valence-corrected chi connectivity index (χ1v) is 6.96. The Morgan fingerprint density at radius 3 is 2.65 bits per heavy atom. The Bertz CT molecular complexity index is 456. The van der Waals surface area contributed by atoms with Gasteiger partial charge in [-0.3, -0.25) is 9.69 Å². The summed E-state index contributed by atoms with van der Waals surface area (Å²) in [6, 6.07) is 4.29. The van der Waals surface area contributed by atoms with Crippen LogP contribution in [0.5, 0.6) is 0 Å². The van der Waals surface area contributed by atoms with Gasteiger partial charge in [-0.1, -0.05) is 17.7 Å². The van der Waals surface area contributed by atoms with Crippen molar-refractivity contribution in [3.05, 3.63) is 34.6 Å². The molecular formula is C14H18ClFN2O2. The van der Waals surface area contributed by atoms with Crippen LogP contribution in [0.2, 0.25) is 5.02 Å². The van der Waals surface area contributed by atoms with Gasteiger partial charge in [0.15, 0.2) is 0 Å². The Kier molecular flexibility index (Phi) is 5.34. The number of hydrogen-bond donors (Lipinski definition) is 0. The predicted octanol–water partition coefficient (Wildman–Crippen LogP) is 1.88. The molecule has 0 aliphatic carbocycles. The van der Waals surface area contributed by atoms with Crippen LogP contribution in [0.25, 0.3) is 0 Å². The summed E-state index contributed by atoms with van der Waals surface area (Å²) in [6.07, 6.45) is 0. The fourth-order valence-corrected chi connectivity index (χ4v) is 2.50. The molecule has 4 nitrogen and oxygen atoms in total. The Balaban J connectivity index is 1.98. The van der Waals surface area contributed by atoms with E-state index < -0.39 is 5.82 Å². The predicted molar refractivity (Wildman–Crippen MR) is 75.6 cm³/mol. The number of carbonyl (C=O) groups excluding carboxylic acids is 1. The maximum absolute atomic E-state index is 13.7. The summed E-state index contributed by atoms with van der Waals surface area (Å²) in [6.45, 7) is 4.20. The minimum atomic E-state index is -0.565. The number of carbonyl (C=O) groups is 1. The molecule has 0 bridgehead atoms. The second kappa shape index (κ2) is 7.02. The van der Waals surface area contributed by atoms with Crippen LogP contribution in [0.15, 0.2) is 18.2 Å². The maximum Gasteiger partial charge on any atom is 0.258 e. The van der Waals surface area contributed by atoms with Crippen molar-refractivity contribution < 1.29 is 13.9 Å². The van der Waals surface area contributed by atoms with Crippen molar-refractivity contribution >= 4 is 17.5 Å². The summed E-state index contributed by atoms with van der Waals surface area (Å²) in [7, 11) is 1.67. The monoisotopic (exact) mass is 300 g/mol. The lowest BCUT2D eigenvalue weighted by Gasteiger charge is -2.34. The normalized spacial score (nSPS) is 16.4. The van der Waals surface area contributed by atoms with Gasteiger partial charge in [-0.25, -0.2) is 4.39 Å². The molecule has 0 N–H and O–H groups in total. The Morgan fingerprint density at radius 1 is 1.35 bits per heavy atom. The highest BCUT2D eigenvalue weighted by Gasteiger charge is 2.25. The minimum Gasteiger partial charge on any atom is -0.383 e. The van der Waals surface area contributed by atoms with Crippen LogP contribution in [0, 0.1) is 5.82 Å². The number of hydrogen-bond acceptors (Lipinski definition) is 3. The van der Waals surface area contributed by atoms with E-state index in [4.69, 9.17) is 16.3 Å². The summed E-state index contributed by atoms with van der Waals surface area (Å²) in [5.74, 6) is -0.899.